The molecular formula is C20H15Br2F3N2O5. The maximum Gasteiger partial charge on any atom is 0.471 e. The SMILES string of the molecule is COC(=O)[C@H](Cc1cc(Br)c(Oc2ccc(O)c(CC#N)c2)c(Br)c1)NC(=O)C(F)(F)F. The Morgan fingerprint density at radius 1 is 1.22 bits per heavy atom. The van der Waals surface area contributed by atoms with Crippen LogP contribution in [0.25, 0.3) is 0 Å². The van der Waals surface area contributed by atoms with Crippen LogP contribution in [0.15, 0.2) is 39.3 Å². The summed E-state index contributed by atoms with van der Waals surface area (Å²) in [6.45, 7) is 0. The van der Waals surface area contributed by atoms with Gasteiger partial charge in [0.25, 0.3) is 0 Å². The molecule has 7 nitrogen and oxygen atoms in total. The first-order valence-corrected chi connectivity index (χ1v) is 10.3. The molecule has 0 saturated heterocycles. The zero-order valence-electron chi connectivity index (χ0n) is 16.3. The molecule has 0 aliphatic heterocycles. The number of esters is 1. The fourth-order valence-corrected chi connectivity index (χ4v) is 4.05. The minimum absolute atomic E-state index is 0.0249. The Morgan fingerprint density at radius 2 is 1.84 bits per heavy atom. The maximum atomic E-state index is 12.6. The molecule has 2 aromatic carbocycles. The van der Waals surface area contributed by atoms with Gasteiger partial charge in [-0.1, -0.05) is 0 Å². The van der Waals surface area contributed by atoms with Crippen LogP contribution in [0.4, 0.5) is 13.2 Å². The van der Waals surface area contributed by atoms with Crippen LogP contribution in [0.3, 0.4) is 0 Å². The molecular weight excluding hydrogens is 565 g/mol. The summed E-state index contributed by atoms with van der Waals surface area (Å²) in [5, 5.41) is 20.2. The summed E-state index contributed by atoms with van der Waals surface area (Å²) in [6, 6.07) is 7.73. The normalized spacial score (nSPS) is 11.9. The van der Waals surface area contributed by atoms with Crippen molar-refractivity contribution in [3.63, 3.8) is 0 Å². The lowest BCUT2D eigenvalue weighted by Gasteiger charge is -2.19. The van der Waals surface area contributed by atoms with E-state index in [4.69, 9.17) is 10.00 Å². The Bertz CT molecular complexity index is 1050. The first-order chi connectivity index (χ1) is 15.0. The van der Waals surface area contributed by atoms with Crippen molar-refractivity contribution >= 4 is 43.7 Å². The van der Waals surface area contributed by atoms with E-state index in [1.54, 1.807) is 5.32 Å². The number of alkyl halides is 3. The van der Waals surface area contributed by atoms with Crippen LogP contribution >= 0.6 is 31.9 Å². The molecule has 1 amide bonds. The Hall–Kier alpha value is -2.78. The van der Waals surface area contributed by atoms with Crippen molar-refractivity contribution in [3.8, 4) is 23.3 Å². The number of methoxy groups -OCH3 is 1. The standard InChI is InChI=1S/C20H15Br2F3N2O5/c1-31-18(29)15(27-19(30)20(23,24)25)8-10-6-13(21)17(14(22)7-10)32-12-2-3-16(28)11(9-12)4-5-26/h2-3,6-7,9,15,28H,4,8H2,1H3,(H,27,30)/t15-/m0/s1. The number of halogens is 5. The van der Waals surface area contributed by atoms with Gasteiger partial charge >= 0.3 is 18.1 Å². The molecule has 0 saturated carbocycles. The number of carbonyl (C=O) groups is 2. The first kappa shape index (κ1) is 25.5. The van der Waals surface area contributed by atoms with Gasteiger partial charge in [-0.2, -0.15) is 18.4 Å². The van der Waals surface area contributed by atoms with Gasteiger partial charge in [-0.3, -0.25) is 4.79 Å². The highest BCUT2D eigenvalue weighted by Gasteiger charge is 2.41. The van der Waals surface area contributed by atoms with Crippen molar-refractivity contribution in [2.75, 3.05) is 7.11 Å². The number of nitrogens with zero attached hydrogens (tertiary/aromatic N) is 1. The molecule has 32 heavy (non-hydrogen) atoms. The van der Waals surface area contributed by atoms with E-state index in [1.165, 1.54) is 30.3 Å². The number of carbonyl (C=O) groups excluding carboxylic acids is 2. The zero-order chi connectivity index (χ0) is 24.1. The van der Waals surface area contributed by atoms with Crippen LogP contribution in [0, 0.1) is 11.3 Å². The number of hydrogen-bond donors (Lipinski definition) is 2. The van der Waals surface area contributed by atoms with Gasteiger partial charge in [0.2, 0.25) is 0 Å². The second-order valence-electron chi connectivity index (χ2n) is 6.37. The minimum Gasteiger partial charge on any atom is -0.508 e. The molecule has 0 bridgehead atoms. The van der Waals surface area contributed by atoms with Crippen molar-refractivity contribution in [2.24, 2.45) is 0 Å². The summed E-state index contributed by atoms with van der Waals surface area (Å²) < 4.78 is 48.8. The Kier molecular flexibility index (Phi) is 8.51. The lowest BCUT2D eigenvalue weighted by atomic mass is 10.1. The van der Waals surface area contributed by atoms with Gasteiger partial charge < -0.3 is 19.9 Å². The summed E-state index contributed by atoms with van der Waals surface area (Å²) in [7, 11) is 0.996. The highest BCUT2D eigenvalue weighted by Crippen LogP contribution is 2.39. The number of rotatable bonds is 7. The number of amides is 1. The number of nitriles is 1. The van der Waals surface area contributed by atoms with Crippen molar-refractivity contribution < 1.29 is 37.3 Å². The van der Waals surface area contributed by atoms with E-state index >= 15 is 0 Å². The van der Waals surface area contributed by atoms with E-state index in [-0.39, 0.29) is 18.6 Å². The number of aromatic hydroxyl groups is 1. The summed E-state index contributed by atoms with van der Waals surface area (Å²) in [5.74, 6) is -2.72. The number of phenols is 1. The Morgan fingerprint density at radius 3 is 2.38 bits per heavy atom. The third kappa shape index (κ3) is 6.61. The molecule has 2 aromatic rings. The second kappa shape index (κ2) is 10.7. The smallest absolute Gasteiger partial charge is 0.471 e. The number of nitrogens with one attached hydrogen (secondary N) is 1. The molecule has 2 N–H and O–H groups in total. The number of phenolic OH excluding ortho intramolecular Hbond substituents is 1. The maximum absolute atomic E-state index is 12.6. The lowest BCUT2D eigenvalue weighted by Crippen LogP contribution is -2.48. The van der Waals surface area contributed by atoms with Crippen LogP contribution in [-0.2, 0) is 27.2 Å². The van der Waals surface area contributed by atoms with Crippen LogP contribution in [0.1, 0.15) is 11.1 Å². The molecule has 0 unspecified atom stereocenters. The van der Waals surface area contributed by atoms with E-state index in [9.17, 15) is 27.9 Å². The fourth-order valence-electron chi connectivity index (χ4n) is 2.61. The topological polar surface area (TPSA) is 109 Å². The predicted molar refractivity (Wildman–Crippen MR) is 113 cm³/mol. The van der Waals surface area contributed by atoms with Gasteiger partial charge in [0.05, 0.1) is 28.5 Å². The van der Waals surface area contributed by atoms with E-state index in [2.05, 4.69) is 36.6 Å². The van der Waals surface area contributed by atoms with Gasteiger partial charge in [0.15, 0.2) is 5.75 Å². The van der Waals surface area contributed by atoms with Crippen LogP contribution in [0.2, 0.25) is 0 Å². The monoisotopic (exact) mass is 578 g/mol. The van der Waals surface area contributed by atoms with E-state index < -0.39 is 24.1 Å². The van der Waals surface area contributed by atoms with Gasteiger partial charge in [-0.15, -0.1) is 0 Å². The fraction of sp³-hybridized carbons (Fsp3) is 0.250. The summed E-state index contributed by atoms with van der Waals surface area (Å²) in [6.07, 6.45) is -5.46. The van der Waals surface area contributed by atoms with Crippen molar-refractivity contribution in [2.45, 2.75) is 25.1 Å². The highest BCUT2D eigenvalue weighted by atomic mass is 79.9. The van der Waals surface area contributed by atoms with Crippen LogP contribution in [0.5, 0.6) is 17.2 Å². The molecule has 0 fully saturated rings. The molecule has 0 aliphatic carbocycles. The number of ether oxygens (including phenoxy) is 2. The van der Waals surface area contributed by atoms with Crippen molar-refractivity contribution in [1.29, 1.82) is 5.26 Å². The van der Waals surface area contributed by atoms with Crippen LogP contribution in [-0.4, -0.2) is 36.3 Å². The van der Waals surface area contributed by atoms with E-state index in [0.29, 0.717) is 31.6 Å². The Labute approximate surface area is 197 Å². The summed E-state index contributed by atoms with van der Waals surface area (Å²) in [4.78, 5) is 23.1. The second-order valence-corrected chi connectivity index (χ2v) is 8.08. The molecule has 1 atom stereocenters. The third-order valence-electron chi connectivity index (χ3n) is 4.09. The number of hydrogen-bond acceptors (Lipinski definition) is 6. The highest BCUT2D eigenvalue weighted by molar-refractivity contribution is 9.11. The average Bonchev–Trinajstić information content (AvgIpc) is 2.71. The minimum atomic E-state index is -5.15. The zero-order valence-corrected chi connectivity index (χ0v) is 19.5. The molecule has 170 valence electrons. The summed E-state index contributed by atoms with van der Waals surface area (Å²) in [5.41, 5.74) is 0.764. The number of benzene rings is 2. The lowest BCUT2D eigenvalue weighted by molar-refractivity contribution is -0.175. The Balaban J connectivity index is 2.27. The van der Waals surface area contributed by atoms with Gasteiger partial charge in [-0.25, -0.2) is 4.79 Å². The van der Waals surface area contributed by atoms with Gasteiger partial charge in [0.1, 0.15) is 17.5 Å². The molecule has 0 aromatic heterocycles. The third-order valence-corrected chi connectivity index (χ3v) is 5.26. The quantitative estimate of drug-likeness (QED) is 0.466. The molecule has 0 heterocycles. The van der Waals surface area contributed by atoms with E-state index in [0.717, 1.165) is 7.11 Å². The molecule has 2 rings (SSSR count). The van der Waals surface area contributed by atoms with Crippen molar-refractivity contribution in [1.82, 2.24) is 5.32 Å². The largest absolute Gasteiger partial charge is 0.508 e. The average molecular weight is 580 g/mol. The molecule has 0 radical (unpaired) electrons. The molecule has 0 aliphatic rings. The molecule has 0 spiro atoms. The van der Waals surface area contributed by atoms with Gasteiger partial charge in [-0.05, 0) is 67.8 Å². The predicted octanol–water partition coefficient (Wildman–Crippen LogP) is 4.54. The van der Waals surface area contributed by atoms with Gasteiger partial charge in [0, 0.05) is 12.0 Å². The van der Waals surface area contributed by atoms with Crippen LogP contribution < -0.4 is 10.1 Å². The van der Waals surface area contributed by atoms with E-state index in [1.807, 2.05) is 6.07 Å². The molecule has 12 heteroatoms. The van der Waals surface area contributed by atoms with Crippen molar-refractivity contribution in [3.05, 3.63) is 50.4 Å². The summed E-state index contributed by atoms with van der Waals surface area (Å²) >= 11 is 6.61. The first-order valence-electron chi connectivity index (χ1n) is 8.76.